The molecule has 0 aliphatic heterocycles. The Balaban J connectivity index is 1.44. The lowest BCUT2D eigenvalue weighted by atomic mass is 10.0. The molecule has 0 N–H and O–H groups in total. The van der Waals surface area contributed by atoms with Crippen LogP contribution in [0, 0.1) is 6.07 Å². The van der Waals surface area contributed by atoms with Crippen molar-refractivity contribution in [2.24, 2.45) is 0 Å². The molecule has 0 aliphatic rings. The molecule has 0 bridgehead atoms. The lowest BCUT2D eigenvalue weighted by molar-refractivity contribution is -0.141. The average Bonchev–Trinajstić information content (AvgIpc) is 3.15. The number of aryl methyl sites for hydroxylation is 2. The van der Waals surface area contributed by atoms with Gasteiger partial charge >= 0.3 is 11.9 Å². The molecule has 0 unspecified atom stereocenters. The number of fused-ring (bicyclic) bond motifs is 1. The second kappa shape index (κ2) is 15.1. The fourth-order valence-corrected chi connectivity index (χ4v) is 5.88. The SMILES string of the molecule is COC(=O)CCc1ccc(N(c2ccccc2)c2[c]cc(N(c3ccccc3)c3ccc(CCC(=O)OC)cc3)c3ccccc23)cc1. The van der Waals surface area contributed by atoms with Crippen molar-refractivity contribution < 1.29 is 19.1 Å². The van der Waals surface area contributed by atoms with Crippen molar-refractivity contribution in [2.75, 3.05) is 24.0 Å². The first-order chi connectivity index (χ1) is 23.6. The van der Waals surface area contributed by atoms with Crippen molar-refractivity contribution in [1.82, 2.24) is 0 Å². The summed E-state index contributed by atoms with van der Waals surface area (Å²) in [6.07, 6.45) is 1.91. The van der Waals surface area contributed by atoms with E-state index in [0.717, 1.165) is 56.0 Å². The molecule has 0 fully saturated rings. The molecular formula is C42H37N2O4. The van der Waals surface area contributed by atoms with E-state index in [1.807, 2.05) is 36.4 Å². The van der Waals surface area contributed by atoms with E-state index in [-0.39, 0.29) is 11.9 Å². The maximum absolute atomic E-state index is 11.7. The summed E-state index contributed by atoms with van der Waals surface area (Å²) in [5.74, 6) is -0.434. The summed E-state index contributed by atoms with van der Waals surface area (Å²) in [6.45, 7) is 0. The number of carbonyl (C=O) groups is 2. The Labute approximate surface area is 281 Å². The van der Waals surface area contributed by atoms with Crippen LogP contribution in [0.2, 0.25) is 0 Å². The van der Waals surface area contributed by atoms with E-state index in [1.165, 1.54) is 14.2 Å². The number of rotatable bonds is 12. The maximum atomic E-state index is 11.7. The Morgan fingerprint density at radius 1 is 0.521 bits per heavy atom. The molecule has 6 aromatic rings. The van der Waals surface area contributed by atoms with Gasteiger partial charge in [-0.05, 0) is 78.6 Å². The van der Waals surface area contributed by atoms with Gasteiger partial charge in [-0.25, -0.2) is 0 Å². The predicted molar refractivity (Wildman–Crippen MR) is 193 cm³/mol. The van der Waals surface area contributed by atoms with E-state index < -0.39 is 0 Å². The van der Waals surface area contributed by atoms with Gasteiger partial charge in [-0.2, -0.15) is 0 Å². The van der Waals surface area contributed by atoms with Crippen LogP contribution in [0.4, 0.5) is 34.1 Å². The molecule has 0 atom stereocenters. The molecule has 1 radical (unpaired) electrons. The molecular weight excluding hydrogens is 596 g/mol. The number of nitrogens with zero attached hydrogens (tertiary/aromatic N) is 2. The van der Waals surface area contributed by atoms with Gasteiger partial charge in [0.1, 0.15) is 0 Å². The van der Waals surface area contributed by atoms with Crippen LogP contribution in [0.5, 0.6) is 0 Å². The van der Waals surface area contributed by atoms with Crippen molar-refractivity contribution in [3.63, 3.8) is 0 Å². The third kappa shape index (κ3) is 7.24. The molecule has 6 rings (SSSR count). The van der Waals surface area contributed by atoms with Gasteiger partial charge in [-0.1, -0.05) is 84.9 Å². The van der Waals surface area contributed by atoms with Crippen LogP contribution in [0.3, 0.4) is 0 Å². The molecule has 0 saturated carbocycles. The van der Waals surface area contributed by atoms with Crippen molar-refractivity contribution >= 4 is 56.8 Å². The summed E-state index contributed by atoms with van der Waals surface area (Å²) in [6, 6.07) is 51.4. The van der Waals surface area contributed by atoms with E-state index in [9.17, 15) is 9.59 Å². The largest absolute Gasteiger partial charge is 0.469 e. The summed E-state index contributed by atoms with van der Waals surface area (Å²) in [5.41, 5.74) is 8.07. The van der Waals surface area contributed by atoms with Crippen LogP contribution in [-0.2, 0) is 31.9 Å². The van der Waals surface area contributed by atoms with Crippen molar-refractivity contribution in [3.05, 3.63) is 157 Å². The minimum atomic E-state index is -0.217. The van der Waals surface area contributed by atoms with Gasteiger partial charge in [-0.3, -0.25) is 9.59 Å². The number of para-hydroxylation sites is 2. The van der Waals surface area contributed by atoms with Crippen LogP contribution in [-0.4, -0.2) is 26.2 Å². The van der Waals surface area contributed by atoms with Gasteiger partial charge in [-0.15, -0.1) is 0 Å². The number of carbonyl (C=O) groups excluding carboxylic acids is 2. The molecule has 0 amide bonds. The normalized spacial score (nSPS) is 10.8. The molecule has 0 saturated heterocycles. The Hall–Kier alpha value is -5.88. The van der Waals surface area contributed by atoms with Crippen LogP contribution in [0.15, 0.2) is 140 Å². The number of esters is 2. The highest BCUT2D eigenvalue weighted by Gasteiger charge is 2.21. The zero-order valence-electron chi connectivity index (χ0n) is 27.1. The van der Waals surface area contributed by atoms with Gasteiger partial charge < -0.3 is 19.3 Å². The second-order valence-electron chi connectivity index (χ2n) is 11.4. The van der Waals surface area contributed by atoms with Crippen molar-refractivity contribution in [1.29, 1.82) is 0 Å². The van der Waals surface area contributed by atoms with Crippen LogP contribution >= 0.6 is 0 Å². The number of hydrogen-bond acceptors (Lipinski definition) is 6. The smallest absolute Gasteiger partial charge is 0.305 e. The van der Waals surface area contributed by atoms with E-state index in [4.69, 9.17) is 9.47 Å². The summed E-state index contributed by atoms with van der Waals surface area (Å²) < 4.78 is 9.66. The van der Waals surface area contributed by atoms with E-state index in [0.29, 0.717) is 25.7 Å². The summed E-state index contributed by atoms with van der Waals surface area (Å²) in [7, 11) is 2.83. The summed E-state index contributed by atoms with van der Waals surface area (Å²) in [5, 5.41) is 2.12. The Kier molecular flexibility index (Phi) is 10.1. The minimum Gasteiger partial charge on any atom is -0.469 e. The van der Waals surface area contributed by atoms with Crippen molar-refractivity contribution in [2.45, 2.75) is 25.7 Å². The minimum absolute atomic E-state index is 0.217. The molecule has 0 spiro atoms. The highest BCUT2D eigenvalue weighted by Crippen LogP contribution is 2.44. The van der Waals surface area contributed by atoms with Gasteiger partial charge in [0.15, 0.2) is 0 Å². The summed E-state index contributed by atoms with van der Waals surface area (Å²) >= 11 is 0. The first kappa shape index (κ1) is 32.1. The second-order valence-corrected chi connectivity index (χ2v) is 11.4. The third-order valence-electron chi connectivity index (χ3n) is 8.38. The molecule has 6 aromatic carbocycles. The maximum Gasteiger partial charge on any atom is 0.305 e. The van der Waals surface area contributed by atoms with E-state index >= 15 is 0 Å². The quantitative estimate of drug-likeness (QED) is 0.125. The fraction of sp³-hybridized carbons (Fsp3) is 0.143. The average molecular weight is 634 g/mol. The lowest BCUT2D eigenvalue weighted by Crippen LogP contribution is -2.13. The van der Waals surface area contributed by atoms with Crippen LogP contribution in [0.1, 0.15) is 24.0 Å². The molecule has 0 aromatic heterocycles. The number of anilines is 6. The lowest BCUT2D eigenvalue weighted by Gasteiger charge is -2.30. The topological polar surface area (TPSA) is 59.1 Å². The Bertz CT molecular complexity index is 1830. The highest BCUT2D eigenvalue weighted by atomic mass is 16.5. The zero-order chi connectivity index (χ0) is 33.3. The summed E-state index contributed by atoms with van der Waals surface area (Å²) in [4.78, 5) is 27.9. The zero-order valence-corrected chi connectivity index (χ0v) is 27.1. The number of methoxy groups -OCH3 is 2. The molecule has 6 heteroatoms. The Morgan fingerprint density at radius 3 is 1.44 bits per heavy atom. The Morgan fingerprint density at radius 2 is 0.938 bits per heavy atom. The highest BCUT2D eigenvalue weighted by molar-refractivity contribution is 6.07. The van der Waals surface area contributed by atoms with Gasteiger partial charge in [0.2, 0.25) is 0 Å². The van der Waals surface area contributed by atoms with Crippen molar-refractivity contribution in [3.8, 4) is 0 Å². The molecule has 6 nitrogen and oxygen atoms in total. The monoisotopic (exact) mass is 633 g/mol. The number of hydrogen-bond donors (Lipinski definition) is 0. The molecule has 0 aliphatic carbocycles. The number of ether oxygens (including phenoxy) is 2. The van der Waals surface area contributed by atoms with Gasteiger partial charge in [0.05, 0.1) is 25.6 Å². The first-order valence-electron chi connectivity index (χ1n) is 16.0. The van der Waals surface area contributed by atoms with Crippen LogP contribution in [0.25, 0.3) is 10.8 Å². The molecule has 48 heavy (non-hydrogen) atoms. The fourth-order valence-electron chi connectivity index (χ4n) is 5.88. The first-order valence-corrected chi connectivity index (χ1v) is 16.0. The standard InChI is InChI=1S/C42H37N2O4/c1-47-41(45)29-21-31-17-23-35(24-18-31)43(33-11-5-3-6-12-33)39-27-28-40(38-16-10-9-15-37(38)39)44(34-13-7-4-8-14-34)36-25-19-32(20-26-36)22-30-42(46)48-2/h3-20,23-27H,21-22,29-30H2,1-2H3. The van der Waals surface area contributed by atoms with Gasteiger partial charge in [0.25, 0.3) is 0 Å². The van der Waals surface area contributed by atoms with Gasteiger partial charge in [0, 0.05) is 52.4 Å². The molecule has 0 heterocycles. The van der Waals surface area contributed by atoms with Crippen LogP contribution < -0.4 is 9.80 Å². The van der Waals surface area contributed by atoms with E-state index in [1.54, 1.807) is 0 Å². The molecule has 239 valence electrons. The predicted octanol–water partition coefficient (Wildman–Crippen LogP) is 9.79. The third-order valence-corrected chi connectivity index (χ3v) is 8.38. The van der Waals surface area contributed by atoms with E-state index in [2.05, 4.69) is 119 Å². The number of benzene rings is 6.